The number of aliphatic carboxylic acids is 2. The number of hydrogen-bond donors (Lipinski definition) is 2. The quantitative estimate of drug-likeness (QED) is 0.568. The summed E-state index contributed by atoms with van der Waals surface area (Å²) in [7, 11) is 0. The lowest BCUT2D eigenvalue weighted by molar-refractivity contribution is -0.145. The molecule has 4 atom stereocenters. The van der Waals surface area contributed by atoms with Gasteiger partial charge in [-0.1, -0.05) is 0 Å². The maximum Gasteiger partial charge on any atom is 0.331 e. The summed E-state index contributed by atoms with van der Waals surface area (Å²) in [5.41, 5.74) is 0. The monoisotopic (exact) mass is 268 g/mol. The minimum absolute atomic E-state index is 0.195. The molecule has 2 rings (SSSR count). The highest BCUT2D eigenvalue weighted by Gasteiger charge is 2.48. The highest BCUT2D eigenvalue weighted by Crippen LogP contribution is 2.51. The summed E-state index contributed by atoms with van der Waals surface area (Å²) in [6.45, 7) is 0.246. The first-order chi connectivity index (χ1) is 8.97. The summed E-state index contributed by atoms with van der Waals surface area (Å²) in [6.07, 6.45) is 3.95. The first kappa shape index (κ1) is 13.6. The van der Waals surface area contributed by atoms with E-state index >= 15 is 0 Å². The van der Waals surface area contributed by atoms with Crippen molar-refractivity contribution < 1.29 is 29.3 Å². The van der Waals surface area contributed by atoms with Gasteiger partial charge in [0.15, 0.2) is 0 Å². The van der Waals surface area contributed by atoms with Crippen LogP contribution in [0.15, 0.2) is 12.2 Å². The van der Waals surface area contributed by atoms with Gasteiger partial charge in [-0.05, 0) is 37.0 Å². The van der Waals surface area contributed by atoms with E-state index in [2.05, 4.69) is 0 Å². The maximum atomic E-state index is 11.2. The van der Waals surface area contributed by atoms with Gasteiger partial charge >= 0.3 is 17.9 Å². The summed E-state index contributed by atoms with van der Waals surface area (Å²) in [6, 6.07) is 0. The molecule has 0 amide bonds. The number of rotatable bonds is 5. The first-order valence-electron chi connectivity index (χ1n) is 6.28. The number of hydrogen-bond acceptors (Lipinski definition) is 4. The predicted molar refractivity (Wildman–Crippen MR) is 63.2 cm³/mol. The molecule has 4 unspecified atom stereocenters. The molecule has 2 aliphatic rings. The number of carboxylic acids is 2. The normalized spacial score (nSPS) is 32.6. The van der Waals surface area contributed by atoms with Crippen LogP contribution >= 0.6 is 0 Å². The smallest absolute Gasteiger partial charge is 0.331 e. The van der Waals surface area contributed by atoms with Gasteiger partial charge in [0.1, 0.15) is 0 Å². The van der Waals surface area contributed by atoms with Gasteiger partial charge in [0.05, 0.1) is 12.5 Å². The van der Waals surface area contributed by atoms with E-state index in [1.807, 2.05) is 0 Å². The fourth-order valence-corrected chi connectivity index (χ4v) is 3.28. The molecule has 2 bridgehead atoms. The molecule has 0 heterocycles. The third-order valence-corrected chi connectivity index (χ3v) is 4.12. The Labute approximate surface area is 110 Å². The van der Waals surface area contributed by atoms with Crippen LogP contribution in [-0.2, 0) is 19.1 Å². The van der Waals surface area contributed by atoms with Gasteiger partial charge < -0.3 is 14.9 Å². The van der Waals surface area contributed by atoms with E-state index < -0.39 is 17.9 Å². The minimum Gasteiger partial charge on any atom is -0.481 e. The van der Waals surface area contributed by atoms with Crippen LogP contribution in [0.5, 0.6) is 0 Å². The van der Waals surface area contributed by atoms with Crippen molar-refractivity contribution in [2.75, 3.05) is 6.61 Å². The Morgan fingerprint density at radius 3 is 2.32 bits per heavy atom. The van der Waals surface area contributed by atoms with Crippen LogP contribution < -0.4 is 0 Å². The van der Waals surface area contributed by atoms with Crippen LogP contribution in [0.2, 0.25) is 0 Å². The zero-order valence-electron chi connectivity index (χ0n) is 10.3. The molecule has 2 fully saturated rings. The van der Waals surface area contributed by atoms with Crippen molar-refractivity contribution in [3.8, 4) is 0 Å². The average molecular weight is 268 g/mol. The van der Waals surface area contributed by atoms with E-state index in [0.717, 1.165) is 25.0 Å². The van der Waals surface area contributed by atoms with E-state index in [1.54, 1.807) is 0 Å². The summed E-state index contributed by atoms with van der Waals surface area (Å²) < 4.78 is 4.99. The van der Waals surface area contributed by atoms with Crippen molar-refractivity contribution in [1.82, 2.24) is 0 Å². The van der Waals surface area contributed by atoms with Crippen molar-refractivity contribution in [2.45, 2.75) is 19.3 Å². The third-order valence-electron chi connectivity index (χ3n) is 4.12. The lowest BCUT2D eigenvalue weighted by atomic mass is 9.82. The van der Waals surface area contributed by atoms with Crippen LogP contribution in [0, 0.1) is 23.7 Å². The molecule has 2 aliphatic carbocycles. The number of fused-ring (bicyclic) bond motifs is 2. The van der Waals surface area contributed by atoms with Crippen molar-refractivity contribution in [3.63, 3.8) is 0 Å². The number of carbonyl (C=O) groups excluding carboxylic acids is 1. The fraction of sp³-hybridized carbons (Fsp3) is 0.615. The number of carboxylic acid groups (broad SMARTS) is 2. The summed E-state index contributed by atoms with van der Waals surface area (Å²) in [4.78, 5) is 32.4. The maximum absolute atomic E-state index is 11.2. The Bertz CT molecular complexity index is 427. The van der Waals surface area contributed by atoms with Gasteiger partial charge in [0.25, 0.3) is 0 Å². The molecule has 0 aromatic rings. The molecular formula is C13H16O6. The van der Waals surface area contributed by atoms with Gasteiger partial charge in [0, 0.05) is 12.2 Å². The Hall–Kier alpha value is -1.85. The number of esters is 1. The molecule has 0 spiro atoms. The summed E-state index contributed by atoms with van der Waals surface area (Å²) in [5.74, 6) is -2.12. The van der Waals surface area contributed by atoms with Crippen molar-refractivity contribution in [1.29, 1.82) is 0 Å². The molecule has 0 aromatic heterocycles. The summed E-state index contributed by atoms with van der Waals surface area (Å²) >= 11 is 0. The van der Waals surface area contributed by atoms with Crippen molar-refractivity contribution in [3.05, 3.63) is 12.2 Å². The van der Waals surface area contributed by atoms with E-state index in [-0.39, 0.29) is 24.4 Å². The molecule has 2 saturated carbocycles. The zero-order chi connectivity index (χ0) is 14.0. The molecule has 19 heavy (non-hydrogen) atoms. The Morgan fingerprint density at radius 1 is 1.05 bits per heavy atom. The van der Waals surface area contributed by atoms with Crippen LogP contribution in [0.25, 0.3) is 0 Å². The molecule has 0 aromatic carbocycles. The molecule has 104 valence electrons. The SMILES string of the molecule is O=C(O)/C=C\C(=O)OCC1CC2CC1CC2C(=O)O. The number of ether oxygens (including phenoxy) is 1. The largest absolute Gasteiger partial charge is 0.481 e. The molecular weight excluding hydrogens is 252 g/mol. The highest BCUT2D eigenvalue weighted by molar-refractivity contribution is 5.90. The van der Waals surface area contributed by atoms with Gasteiger partial charge in [-0.15, -0.1) is 0 Å². The molecule has 0 radical (unpaired) electrons. The molecule has 6 heteroatoms. The van der Waals surface area contributed by atoms with Gasteiger partial charge in [0.2, 0.25) is 0 Å². The van der Waals surface area contributed by atoms with Crippen LogP contribution in [0.1, 0.15) is 19.3 Å². The van der Waals surface area contributed by atoms with E-state index in [9.17, 15) is 14.4 Å². The summed E-state index contributed by atoms with van der Waals surface area (Å²) in [5, 5.41) is 17.4. The average Bonchev–Trinajstić information content (AvgIpc) is 2.93. The zero-order valence-corrected chi connectivity index (χ0v) is 10.3. The van der Waals surface area contributed by atoms with Crippen LogP contribution in [0.3, 0.4) is 0 Å². The standard InChI is InChI=1S/C13H16O6/c14-11(15)1-2-12(16)19-6-9-4-8-3-7(9)5-10(8)13(17)18/h1-2,7-10H,3-6H2,(H,14,15)(H,17,18)/b2-1-. The lowest BCUT2D eigenvalue weighted by Crippen LogP contribution is -2.27. The van der Waals surface area contributed by atoms with E-state index in [1.165, 1.54) is 0 Å². The molecule has 2 N–H and O–H groups in total. The third kappa shape index (κ3) is 3.13. The fourth-order valence-electron chi connectivity index (χ4n) is 3.28. The van der Waals surface area contributed by atoms with Crippen molar-refractivity contribution >= 4 is 17.9 Å². The topological polar surface area (TPSA) is 101 Å². The second-order valence-corrected chi connectivity index (χ2v) is 5.23. The molecule has 6 nitrogen and oxygen atoms in total. The van der Waals surface area contributed by atoms with E-state index in [0.29, 0.717) is 12.3 Å². The van der Waals surface area contributed by atoms with Gasteiger partial charge in [-0.2, -0.15) is 0 Å². The van der Waals surface area contributed by atoms with Crippen LogP contribution in [-0.4, -0.2) is 34.7 Å². The Morgan fingerprint density at radius 2 is 1.79 bits per heavy atom. The second kappa shape index (κ2) is 5.42. The Kier molecular flexibility index (Phi) is 3.87. The van der Waals surface area contributed by atoms with Gasteiger partial charge in [-0.25, -0.2) is 9.59 Å². The second-order valence-electron chi connectivity index (χ2n) is 5.23. The Balaban J connectivity index is 1.77. The van der Waals surface area contributed by atoms with E-state index in [4.69, 9.17) is 14.9 Å². The van der Waals surface area contributed by atoms with Gasteiger partial charge in [-0.3, -0.25) is 4.79 Å². The number of carbonyl (C=O) groups is 3. The molecule has 0 aliphatic heterocycles. The first-order valence-corrected chi connectivity index (χ1v) is 6.28. The predicted octanol–water partition coefficient (Wildman–Crippen LogP) is 0.917. The van der Waals surface area contributed by atoms with Crippen LogP contribution in [0.4, 0.5) is 0 Å². The van der Waals surface area contributed by atoms with Crippen molar-refractivity contribution in [2.24, 2.45) is 23.7 Å². The molecule has 0 saturated heterocycles. The highest BCUT2D eigenvalue weighted by atomic mass is 16.5. The minimum atomic E-state index is -1.19. The lowest BCUT2D eigenvalue weighted by Gasteiger charge is -2.24.